The van der Waals surface area contributed by atoms with Crippen molar-refractivity contribution >= 4 is 40.8 Å². The van der Waals surface area contributed by atoms with Crippen molar-refractivity contribution in [3.63, 3.8) is 0 Å². The lowest BCUT2D eigenvalue weighted by Gasteiger charge is -2.23. The summed E-state index contributed by atoms with van der Waals surface area (Å²) in [4.78, 5) is 5.10. The second-order valence-corrected chi connectivity index (χ2v) is 5.43. The molecule has 0 aromatic carbocycles. The standard InChI is InChI=1S/C10H17N3OS.2ClH/c1-2-5-12-7-3-4-8-9(6-7)15(14)10(11)13-8;;/h7,12H,2-6H2,1H3,(H2,11,13);2*1H/t7-,15?;;/m0../s1. The zero-order chi connectivity index (χ0) is 10.8. The highest BCUT2D eigenvalue weighted by atomic mass is 35.5. The summed E-state index contributed by atoms with van der Waals surface area (Å²) >= 11 is 0. The summed E-state index contributed by atoms with van der Waals surface area (Å²) in [6, 6.07) is 0.453. The normalized spacial score (nSPS) is 26.8. The van der Waals surface area contributed by atoms with Crippen LogP contribution in [0.4, 0.5) is 0 Å². The smallest absolute Gasteiger partial charge is 0.194 e. The van der Waals surface area contributed by atoms with E-state index in [1.54, 1.807) is 0 Å². The van der Waals surface area contributed by atoms with Gasteiger partial charge in [0.15, 0.2) is 5.17 Å². The minimum absolute atomic E-state index is 0. The number of hydrogen-bond acceptors (Lipinski definition) is 4. The van der Waals surface area contributed by atoms with Gasteiger partial charge in [0.1, 0.15) is 10.8 Å². The third kappa shape index (κ3) is 3.68. The molecule has 0 fully saturated rings. The maximum absolute atomic E-state index is 11.7. The molecule has 17 heavy (non-hydrogen) atoms. The number of amidine groups is 1. The van der Waals surface area contributed by atoms with Crippen molar-refractivity contribution in [3.05, 3.63) is 10.6 Å². The van der Waals surface area contributed by atoms with Gasteiger partial charge in [0.2, 0.25) is 0 Å². The Hall–Kier alpha value is -0.100. The number of rotatable bonds is 3. The van der Waals surface area contributed by atoms with Crippen molar-refractivity contribution < 1.29 is 4.21 Å². The molecule has 0 amide bonds. The van der Waals surface area contributed by atoms with E-state index in [1.807, 2.05) is 0 Å². The highest BCUT2D eigenvalue weighted by Crippen LogP contribution is 2.32. The molecule has 0 spiro atoms. The Kier molecular flexibility index (Phi) is 7.32. The van der Waals surface area contributed by atoms with Gasteiger partial charge < -0.3 is 11.1 Å². The van der Waals surface area contributed by atoms with Gasteiger partial charge in [-0.25, -0.2) is 9.20 Å². The number of aliphatic imine (C=N–C) groups is 1. The van der Waals surface area contributed by atoms with Crippen LogP contribution >= 0.6 is 24.8 Å². The van der Waals surface area contributed by atoms with E-state index >= 15 is 0 Å². The van der Waals surface area contributed by atoms with Gasteiger partial charge in [-0.2, -0.15) is 0 Å². The molecular weight excluding hydrogens is 281 g/mol. The third-order valence-corrected chi connectivity index (χ3v) is 4.15. The van der Waals surface area contributed by atoms with Gasteiger partial charge in [-0.3, -0.25) is 0 Å². The fraction of sp³-hybridized carbons (Fsp3) is 0.700. The molecule has 0 aromatic rings. The van der Waals surface area contributed by atoms with E-state index in [0.29, 0.717) is 6.04 Å². The molecule has 2 rings (SSSR count). The van der Waals surface area contributed by atoms with Crippen LogP contribution in [0.1, 0.15) is 32.6 Å². The van der Waals surface area contributed by atoms with E-state index in [1.165, 1.54) is 0 Å². The first-order valence-electron chi connectivity index (χ1n) is 5.43. The van der Waals surface area contributed by atoms with Gasteiger partial charge >= 0.3 is 0 Å². The second kappa shape index (κ2) is 7.36. The van der Waals surface area contributed by atoms with Crippen molar-refractivity contribution in [3.8, 4) is 0 Å². The first kappa shape index (κ1) is 16.9. The minimum Gasteiger partial charge on any atom is -0.376 e. The highest BCUT2D eigenvalue weighted by molar-refractivity contribution is 8.04. The summed E-state index contributed by atoms with van der Waals surface area (Å²) in [5.74, 6) is 0. The summed E-state index contributed by atoms with van der Waals surface area (Å²) in [5.41, 5.74) is 6.54. The van der Waals surface area contributed by atoms with Crippen LogP contribution < -0.4 is 11.1 Å². The SMILES string of the molecule is CCCN[C@H]1CCC2=C(C1)S(=O)C(N)=N2.Cl.Cl. The summed E-state index contributed by atoms with van der Waals surface area (Å²) in [6.07, 6.45) is 3.95. The lowest BCUT2D eigenvalue weighted by Crippen LogP contribution is -2.32. The van der Waals surface area contributed by atoms with Gasteiger partial charge in [0, 0.05) is 10.9 Å². The summed E-state index contributed by atoms with van der Waals surface area (Å²) in [7, 11) is -1.14. The molecule has 0 aromatic heterocycles. The quantitative estimate of drug-likeness (QED) is 0.833. The average Bonchev–Trinajstić information content (AvgIpc) is 2.52. The topological polar surface area (TPSA) is 67.5 Å². The molecule has 1 heterocycles. The first-order valence-corrected chi connectivity index (χ1v) is 6.58. The molecule has 1 unspecified atom stereocenters. The zero-order valence-corrected chi connectivity index (χ0v) is 12.2. The molecular formula is C10H19Cl2N3OS. The van der Waals surface area contributed by atoms with Crippen molar-refractivity contribution in [1.29, 1.82) is 0 Å². The Labute approximate surface area is 117 Å². The van der Waals surface area contributed by atoms with E-state index in [9.17, 15) is 4.21 Å². The van der Waals surface area contributed by atoms with Crippen molar-refractivity contribution in [2.45, 2.75) is 38.6 Å². The van der Waals surface area contributed by atoms with Gasteiger partial charge in [-0.05, 0) is 32.2 Å². The highest BCUT2D eigenvalue weighted by Gasteiger charge is 2.30. The first-order chi connectivity index (χ1) is 7.22. The van der Waals surface area contributed by atoms with Crippen LogP contribution in [0.15, 0.2) is 15.6 Å². The van der Waals surface area contributed by atoms with Crippen LogP contribution in [0.25, 0.3) is 0 Å². The number of nitrogens with zero attached hydrogens (tertiary/aromatic N) is 1. The van der Waals surface area contributed by atoms with Gasteiger partial charge in [-0.15, -0.1) is 24.8 Å². The molecule has 4 nitrogen and oxygen atoms in total. The number of nitrogens with one attached hydrogen (secondary N) is 1. The van der Waals surface area contributed by atoms with Gasteiger partial charge in [0.25, 0.3) is 0 Å². The fourth-order valence-corrected chi connectivity index (χ4v) is 3.18. The molecule has 100 valence electrons. The van der Waals surface area contributed by atoms with Crippen LogP contribution in [-0.2, 0) is 10.8 Å². The molecule has 0 saturated carbocycles. The molecule has 0 saturated heterocycles. The predicted molar refractivity (Wildman–Crippen MR) is 77.2 cm³/mol. The third-order valence-electron chi connectivity index (χ3n) is 2.83. The van der Waals surface area contributed by atoms with E-state index in [4.69, 9.17) is 5.73 Å². The Morgan fingerprint density at radius 3 is 2.88 bits per heavy atom. The maximum atomic E-state index is 11.7. The van der Waals surface area contributed by atoms with Crippen molar-refractivity contribution in [2.75, 3.05) is 6.54 Å². The summed E-state index contributed by atoms with van der Waals surface area (Å²) in [5, 5.41) is 3.75. The lowest BCUT2D eigenvalue weighted by atomic mass is 9.99. The molecule has 2 atom stereocenters. The predicted octanol–water partition coefficient (Wildman–Crippen LogP) is 1.67. The van der Waals surface area contributed by atoms with E-state index in [0.717, 1.165) is 42.8 Å². The number of allylic oxidation sites excluding steroid dienone is 1. The molecule has 7 heteroatoms. The molecule has 2 aliphatic rings. The van der Waals surface area contributed by atoms with Gasteiger partial charge in [0.05, 0.1) is 5.70 Å². The number of halogens is 2. The molecule has 3 N–H and O–H groups in total. The van der Waals surface area contributed by atoms with Crippen LogP contribution in [0.3, 0.4) is 0 Å². The van der Waals surface area contributed by atoms with Gasteiger partial charge in [-0.1, -0.05) is 6.92 Å². The maximum Gasteiger partial charge on any atom is 0.194 e. The van der Waals surface area contributed by atoms with Crippen LogP contribution in [0, 0.1) is 0 Å². The minimum atomic E-state index is -1.14. The van der Waals surface area contributed by atoms with Crippen LogP contribution in [0.2, 0.25) is 0 Å². The molecule has 0 radical (unpaired) electrons. The number of nitrogens with two attached hydrogens (primary N) is 1. The zero-order valence-electron chi connectivity index (χ0n) is 9.77. The molecule has 0 bridgehead atoms. The Morgan fingerprint density at radius 1 is 1.53 bits per heavy atom. The fourth-order valence-electron chi connectivity index (χ4n) is 2.02. The van der Waals surface area contributed by atoms with E-state index < -0.39 is 10.8 Å². The molecule has 1 aliphatic heterocycles. The lowest BCUT2D eigenvalue weighted by molar-refractivity contribution is 0.463. The summed E-state index contributed by atoms with van der Waals surface area (Å²) in [6.45, 7) is 3.17. The van der Waals surface area contributed by atoms with E-state index in [-0.39, 0.29) is 30.0 Å². The van der Waals surface area contributed by atoms with Crippen molar-refractivity contribution in [2.24, 2.45) is 10.7 Å². The Morgan fingerprint density at radius 2 is 2.24 bits per heavy atom. The Balaban J connectivity index is 0.00000128. The van der Waals surface area contributed by atoms with Crippen LogP contribution in [0.5, 0.6) is 0 Å². The largest absolute Gasteiger partial charge is 0.376 e. The number of hydrogen-bond donors (Lipinski definition) is 2. The monoisotopic (exact) mass is 299 g/mol. The average molecular weight is 300 g/mol. The summed E-state index contributed by atoms with van der Waals surface area (Å²) < 4.78 is 11.7. The Bertz CT molecular complexity index is 357. The van der Waals surface area contributed by atoms with E-state index in [2.05, 4.69) is 17.2 Å². The second-order valence-electron chi connectivity index (χ2n) is 3.98. The van der Waals surface area contributed by atoms with Crippen molar-refractivity contribution in [1.82, 2.24) is 5.32 Å². The molecule has 1 aliphatic carbocycles. The van der Waals surface area contributed by atoms with Crippen LogP contribution in [-0.4, -0.2) is 22.0 Å².